The molecule has 0 heterocycles. The SMILES string of the molecule is C=C(C[C@H](O)[C@H](C)/C(=C/C)OC(=O)c1ccccc1)C[C@@H](O[C@H](C)c1ccc(C(F)(F)F)cc1)[C@@H](C)/C(=C/C)OC(=O)c1ccccc1. The summed E-state index contributed by atoms with van der Waals surface area (Å²) in [5.74, 6) is -1.48. The Morgan fingerprint density at radius 1 is 0.750 bits per heavy atom. The number of aliphatic hydroxyl groups is 1. The van der Waals surface area contributed by atoms with Crippen molar-refractivity contribution in [3.63, 3.8) is 0 Å². The Morgan fingerprint density at radius 2 is 1.21 bits per heavy atom. The van der Waals surface area contributed by atoms with Crippen molar-refractivity contribution in [1.29, 1.82) is 0 Å². The first-order valence-corrected chi connectivity index (χ1v) is 15.8. The Labute approximate surface area is 280 Å². The van der Waals surface area contributed by atoms with Gasteiger partial charge in [0.25, 0.3) is 0 Å². The van der Waals surface area contributed by atoms with Gasteiger partial charge in [-0.3, -0.25) is 0 Å². The molecule has 3 aromatic carbocycles. The highest BCUT2D eigenvalue weighted by Gasteiger charge is 2.32. The lowest BCUT2D eigenvalue weighted by Gasteiger charge is -2.30. The van der Waals surface area contributed by atoms with Gasteiger partial charge in [0.1, 0.15) is 11.5 Å². The number of carbonyl (C=O) groups excluding carboxylic acids is 2. The number of esters is 2. The highest BCUT2D eigenvalue weighted by molar-refractivity contribution is 5.90. The van der Waals surface area contributed by atoms with Gasteiger partial charge in [-0.2, -0.15) is 13.2 Å². The van der Waals surface area contributed by atoms with Crippen molar-refractivity contribution in [3.05, 3.63) is 143 Å². The maximum absolute atomic E-state index is 13.2. The lowest BCUT2D eigenvalue weighted by atomic mass is 9.90. The largest absolute Gasteiger partial charge is 0.427 e. The molecule has 0 bridgehead atoms. The van der Waals surface area contributed by atoms with Crippen molar-refractivity contribution in [2.75, 3.05) is 0 Å². The van der Waals surface area contributed by atoms with Crippen LogP contribution in [0.15, 0.2) is 121 Å². The van der Waals surface area contributed by atoms with Crippen LogP contribution in [-0.2, 0) is 20.4 Å². The quantitative estimate of drug-likeness (QED) is 0.0990. The second kappa shape index (κ2) is 17.6. The molecule has 1 N–H and O–H groups in total. The van der Waals surface area contributed by atoms with E-state index in [4.69, 9.17) is 14.2 Å². The Bertz CT molecular complexity index is 1560. The fourth-order valence-electron chi connectivity index (χ4n) is 5.15. The zero-order valence-electron chi connectivity index (χ0n) is 27.9. The second-order valence-electron chi connectivity index (χ2n) is 11.6. The molecule has 5 atom stereocenters. The molecule has 6 nitrogen and oxygen atoms in total. The van der Waals surface area contributed by atoms with Crippen LogP contribution in [0.1, 0.15) is 85.4 Å². The van der Waals surface area contributed by atoms with Gasteiger partial charge in [0.15, 0.2) is 0 Å². The van der Waals surface area contributed by atoms with E-state index in [1.54, 1.807) is 101 Å². The summed E-state index contributed by atoms with van der Waals surface area (Å²) in [6, 6.07) is 21.8. The number of aliphatic hydroxyl groups excluding tert-OH is 1. The second-order valence-corrected chi connectivity index (χ2v) is 11.6. The van der Waals surface area contributed by atoms with E-state index in [-0.39, 0.29) is 12.8 Å². The van der Waals surface area contributed by atoms with E-state index in [0.29, 0.717) is 33.8 Å². The molecule has 48 heavy (non-hydrogen) atoms. The van der Waals surface area contributed by atoms with Crippen molar-refractivity contribution in [2.24, 2.45) is 11.8 Å². The summed E-state index contributed by atoms with van der Waals surface area (Å²) in [5.41, 5.74) is 1.13. The van der Waals surface area contributed by atoms with Crippen LogP contribution >= 0.6 is 0 Å². The number of rotatable bonds is 15. The van der Waals surface area contributed by atoms with Gasteiger partial charge in [-0.15, -0.1) is 0 Å². The molecule has 0 spiro atoms. The summed E-state index contributed by atoms with van der Waals surface area (Å²) >= 11 is 0. The maximum Gasteiger partial charge on any atom is 0.416 e. The maximum atomic E-state index is 13.2. The van der Waals surface area contributed by atoms with Crippen molar-refractivity contribution >= 4 is 11.9 Å². The molecule has 3 rings (SSSR count). The van der Waals surface area contributed by atoms with Crippen molar-refractivity contribution in [1.82, 2.24) is 0 Å². The smallest absolute Gasteiger partial charge is 0.416 e. The average Bonchev–Trinajstić information content (AvgIpc) is 3.08. The first kappa shape index (κ1) is 38.0. The van der Waals surface area contributed by atoms with Gasteiger partial charge in [0, 0.05) is 11.8 Å². The van der Waals surface area contributed by atoms with E-state index in [0.717, 1.165) is 12.1 Å². The van der Waals surface area contributed by atoms with Gasteiger partial charge in [0.05, 0.1) is 35.0 Å². The van der Waals surface area contributed by atoms with Gasteiger partial charge in [-0.25, -0.2) is 9.59 Å². The standard InChI is InChI=1S/C39H43F3O6/c1-7-34(47-37(44)30-15-11-9-12-16-30)26(4)33(43)23-25(3)24-36(46-28(6)29-19-21-32(22-20-29)39(40,41)42)27(5)35(8-2)48-38(45)31-17-13-10-14-18-31/h7-22,26-28,33,36,43H,3,23-24H2,1-2,4-6H3/b34-7-,35-8-/t26-,27-,28+,33-,36+/m0/s1. The van der Waals surface area contributed by atoms with Gasteiger partial charge >= 0.3 is 18.1 Å². The molecule has 0 aromatic heterocycles. The number of halogens is 3. The third-order valence-corrected chi connectivity index (χ3v) is 8.12. The molecule has 0 unspecified atom stereocenters. The zero-order chi connectivity index (χ0) is 35.4. The van der Waals surface area contributed by atoms with Crippen molar-refractivity contribution < 1.29 is 42.1 Å². The molecule has 3 aromatic rings. The van der Waals surface area contributed by atoms with Crippen LogP contribution in [0.2, 0.25) is 0 Å². The van der Waals surface area contributed by atoms with Crippen molar-refractivity contribution in [3.8, 4) is 0 Å². The minimum atomic E-state index is -4.47. The van der Waals surface area contributed by atoms with E-state index in [1.807, 2.05) is 6.92 Å². The zero-order valence-corrected chi connectivity index (χ0v) is 27.9. The van der Waals surface area contributed by atoms with E-state index in [2.05, 4.69) is 6.58 Å². The molecule has 0 saturated heterocycles. The highest BCUT2D eigenvalue weighted by Crippen LogP contribution is 2.34. The summed E-state index contributed by atoms with van der Waals surface area (Å²) in [6.07, 6.45) is -3.04. The molecule has 0 aliphatic heterocycles. The first-order chi connectivity index (χ1) is 22.7. The first-order valence-electron chi connectivity index (χ1n) is 15.8. The van der Waals surface area contributed by atoms with Gasteiger partial charge < -0.3 is 19.3 Å². The predicted molar refractivity (Wildman–Crippen MR) is 179 cm³/mol. The van der Waals surface area contributed by atoms with Crippen LogP contribution in [0, 0.1) is 11.8 Å². The topological polar surface area (TPSA) is 82.1 Å². The number of allylic oxidation sites excluding steroid dienone is 2. The number of benzene rings is 3. The lowest BCUT2D eigenvalue weighted by molar-refractivity contribution is -0.137. The lowest BCUT2D eigenvalue weighted by Crippen LogP contribution is -2.29. The Hall–Kier alpha value is -4.47. The van der Waals surface area contributed by atoms with E-state index in [9.17, 15) is 27.9 Å². The fraction of sp³-hybridized carbons (Fsp3) is 0.333. The molecule has 0 amide bonds. The molecule has 0 radical (unpaired) electrons. The van der Waals surface area contributed by atoms with Crippen molar-refractivity contribution in [2.45, 2.75) is 71.9 Å². The van der Waals surface area contributed by atoms with Gasteiger partial charge in [0.2, 0.25) is 0 Å². The molecule has 0 aliphatic carbocycles. The van der Waals surface area contributed by atoms with E-state index < -0.39 is 53.8 Å². The molecular formula is C39H43F3O6. The summed E-state index contributed by atoms with van der Waals surface area (Å²) in [6.45, 7) is 12.9. The Kier molecular flexibility index (Phi) is 13.9. The normalized spacial score (nSPS) is 15.5. The fourth-order valence-corrected chi connectivity index (χ4v) is 5.15. The summed E-state index contributed by atoms with van der Waals surface area (Å²) in [4.78, 5) is 25.6. The Morgan fingerprint density at radius 3 is 1.65 bits per heavy atom. The summed E-state index contributed by atoms with van der Waals surface area (Å²) < 4.78 is 57.3. The number of ether oxygens (including phenoxy) is 3. The summed E-state index contributed by atoms with van der Waals surface area (Å²) in [5, 5.41) is 11.2. The average molecular weight is 665 g/mol. The third-order valence-electron chi connectivity index (χ3n) is 8.12. The summed E-state index contributed by atoms with van der Waals surface area (Å²) in [7, 11) is 0. The van der Waals surface area contributed by atoms with Crippen LogP contribution < -0.4 is 0 Å². The molecule has 0 aliphatic rings. The molecular weight excluding hydrogens is 621 g/mol. The van der Waals surface area contributed by atoms with E-state index >= 15 is 0 Å². The molecule has 0 fully saturated rings. The van der Waals surface area contributed by atoms with Gasteiger partial charge in [-0.05, 0) is 87.7 Å². The third kappa shape index (κ3) is 10.8. The number of hydrogen-bond acceptors (Lipinski definition) is 6. The highest BCUT2D eigenvalue weighted by atomic mass is 19.4. The van der Waals surface area contributed by atoms with Crippen LogP contribution in [0.25, 0.3) is 0 Å². The molecule has 256 valence electrons. The van der Waals surface area contributed by atoms with Crippen LogP contribution in [-0.4, -0.2) is 29.3 Å². The molecule has 9 heteroatoms. The van der Waals surface area contributed by atoms with Crippen LogP contribution in [0.5, 0.6) is 0 Å². The molecule has 0 saturated carbocycles. The minimum Gasteiger partial charge on any atom is -0.427 e. The number of carbonyl (C=O) groups is 2. The van der Waals surface area contributed by atoms with Crippen LogP contribution in [0.4, 0.5) is 13.2 Å². The monoisotopic (exact) mass is 664 g/mol. The van der Waals surface area contributed by atoms with Gasteiger partial charge in [-0.1, -0.05) is 74.5 Å². The Balaban J connectivity index is 1.77. The van der Waals surface area contributed by atoms with Crippen LogP contribution in [0.3, 0.4) is 0 Å². The minimum absolute atomic E-state index is 0.137. The van der Waals surface area contributed by atoms with E-state index in [1.165, 1.54) is 12.1 Å². The predicted octanol–water partition coefficient (Wildman–Crippen LogP) is 9.64. The number of hydrogen-bond donors (Lipinski definition) is 1. The number of alkyl halides is 3.